The highest BCUT2D eigenvalue weighted by Gasteiger charge is 2.21. The molecule has 0 aliphatic rings. The molecule has 0 spiro atoms. The van der Waals surface area contributed by atoms with Crippen molar-refractivity contribution in [3.63, 3.8) is 0 Å². The first-order chi connectivity index (χ1) is 9.81. The van der Waals surface area contributed by atoms with Gasteiger partial charge in [0.15, 0.2) is 5.82 Å². The number of nitrogen functional groups attached to an aromatic ring is 1. The molecule has 0 radical (unpaired) electrons. The Balaban J connectivity index is 2.71. The SMILES string of the molecule is CCN(CC)CCCNS(=O)(=O)c1cc(Cl)cc(N)c1F. The lowest BCUT2D eigenvalue weighted by Crippen LogP contribution is -2.30. The molecule has 0 saturated carbocycles. The Kier molecular flexibility index (Phi) is 6.86. The molecule has 21 heavy (non-hydrogen) atoms. The van der Waals surface area contributed by atoms with E-state index in [-0.39, 0.29) is 17.3 Å². The van der Waals surface area contributed by atoms with Crippen molar-refractivity contribution in [3.05, 3.63) is 23.0 Å². The molecule has 0 heterocycles. The number of nitrogens with one attached hydrogen (secondary N) is 1. The molecule has 0 amide bonds. The smallest absolute Gasteiger partial charge is 0.243 e. The topological polar surface area (TPSA) is 75.4 Å². The van der Waals surface area contributed by atoms with E-state index in [1.807, 2.05) is 13.8 Å². The molecular formula is C13H21ClFN3O2S. The molecule has 0 aromatic heterocycles. The van der Waals surface area contributed by atoms with Gasteiger partial charge in [-0.1, -0.05) is 25.4 Å². The maximum atomic E-state index is 13.8. The van der Waals surface area contributed by atoms with Crippen molar-refractivity contribution in [3.8, 4) is 0 Å². The van der Waals surface area contributed by atoms with Crippen molar-refractivity contribution >= 4 is 27.3 Å². The lowest BCUT2D eigenvalue weighted by molar-refractivity contribution is 0.300. The Labute approximate surface area is 130 Å². The van der Waals surface area contributed by atoms with Crippen molar-refractivity contribution in [2.45, 2.75) is 25.2 Å². The summed E-state index contributed by atoms with van der Waals surface area (Å²) in [5.41, 5.74) is 5.10. The molecular weight excluding hydrogens is 317 g/mol. The third-order valence-corrected chi connectivity index (χ3v) is 4.84. The monoisotopic (exact) mass is 337 g/mol. The predicted octanol–water partition coefficient (Wildman–Crippen LogP) is 2.07. The fourth-order valence-electron chi connectivity index (χ4n) is 1.91. The normalized spacial score (nSPS) is 12.0. The second-order valence-electron chi connectivity index (χ2n) is 4.59. The Morgan fingerprint density at radius 1 is 1.33 bits per heavy atom. The van der Waals surface area contributed by atoms with Crippen LogP contribution in [0.5, 0.6) is 0 Å². The molecule has 0 bridgehead atoms. The summed E-state index contributed by atoms with van der Waals surface area (Å²) < 4.78 is 40.3. The second-order valence-corrected chi connectivity index (χ2v) is 6.76. The first-order valence-electron chi connectivity index (χ1n) is 6.78. The van der Waals surface area contributed by atoms with Gasteiger partial charge in [-0.05, 0) is 38.2 Å². The molecule has 120 valence electrons. The highest BCUT2D eigenvalue weighted by atomic mass is 35.5. The van der Waals surface area contributed by atoms with Crippen LogP contribution in [0.3, 0.4) is 0 Å². The maximum absolute atomic E-state index is 13.8. The van der Waals surface area contributed by atoms with Gasteiger partial charge in [0.2, 0.25) is 10.0 Å². The van der Waals surface area contributed by atoms with Gasteiger partial charge < -0.3 is 10.6 Å². The van der Waals surface area contributed by atoms with E-state index in [0.717, 1.165) is 25.7 Å². The van der Waals surface area contributed by atoms with Crippen LogP contribution in [0.2, 0.25) is 5.02 Å². The van der Waals surface area contributed by atoms with Crippen LogP contribution in [-0.2, 0) is 10.0 Å². The molecule has 1 rings (SSSR count). The van der Waals surface area contributed by atoms with Gasteiger partial charge in [-0.3, -0.25) is 0 Å². The summed E-state index contributed by atoms with van der Waals surface area (Å²) in [5.74, 6) is -0.976. The van der Waals surface area contributed by atoms with Gasteiger partial charge in [-0.15, -0.1) is 0 Å². The number of anilines is 1. The number of sulfonamides is 1. The summed E-state index contributed by atoms with van der Waals surface area (Å²) >= 11 is 5.72. The van der Waals surface area contributed by atoms with Gasteiger partial charge >= 0.3 is 0 Å². The predicted molar refractivity (Wildman–Crippen MR) is 83.4 cm³/mol. The zero-order chi connectivity index (χ0) is 16.0. The molecule has 3 N–H and O–H groups in total. The van der Waals surface area contributed by atoms with Gasteiger partial charge in [0.25, 0.3) is 0 Å². The minimum atomic E-state index is -3.96. The third kappa shape index (κ3) is 5.10. The van der Waals surface area contributed by atoms with E-state index >= 15 is 0 Å². The quantitative estimate of drug-likeness (QED) is 0.562. The molecule has 0 saturated heterocycles. The van der Waals surface area contributed by atoms with Crippen molar-refractivity contribution < 1.29 is 12.8 Å². The van der Waals surface area contributed by atoms with E-state index in [1.165, 1.54) is 6.07 Å². The van der Waals surface area contributed by atoms with Crippen LogP contribution in [0.15, 0.2) is 17.0 Å². The van der Waals surface area contributed by atoms with Crippen molar-refractivity contribution in [2.24, 2.45) is 0 Å². The van der Waals surface area contributed by atoms with Crippen LogP contribution < -0.4 is 10.5 Å². The lowest BCUT2D eigenvalue weighted by Gasteiger charge is -2.17. The van der Waals surface area contributed by atoms with Gasteiger partial charge in [0.1, 0.15) is 4.90 Å². The standard InChI is InChI=1S/C13H21ClFN3O2S/c1-3-18(4-2)7-5-6-17-21(19,20)12-9-10(14)8-11(16)13(12)15/h8-9,17H,3-7,16H2,1-2H3. The largest absolute Gasteiger partial charge is 0.396 e. The van der Waals surface area contributed by atoms with E-state index in [0.29, 0.717) is 6.42 Å². The van der Waals surface area contributed by atoms with Crippen molar-refractivity contribution in [1.29, 1.82) is 0 Å². The molecule has 0 atom stereocenters. The van der Waals surface area contributed by atoms with E-state index in [2.05, 4.69) is 9.62 Å². The number of benzene rings is 1. The lowest BCUT2D eigenvalue weighted by atomic mass is 10.3. The maximum Gasteiger partial charge on any atom is 0.243 e. The number of hydrogen-bond donors (Lipinski definition) is 2. The second kappa shape index (κ2) is 7.93. The van der Waals surface area contributed by atoms with Crippen LogP contribution in [0.25, 0.3) is 0 Å². The summed E-state index contributed by atoms with van der Waals surface area (Å²) in [6, 6.07) is 2.23. The van der Waals surface area contributed by atoms with Crippen LogP contribution in [0.4, 0.5) is 10.1 Å². The Hall–Kier alpha value is -0.890. The highest BCUT2D eigenvalue weighted by Crippen LogP contribution is 2.24. The summed E-state index contributed by atoms with van der Waals surface area (Å²) in [6.45, 7) is 6.89. The van der Waals surface area contributed by atoms with Crippen LogP contribution >= 0.6 is 11.6 Å². The summed E-state index contributed by atoms with van der Waals surface area (Å²) in [4.78, 5) is 1.65. The molecule has 8 heteroatoms. The Morgan fingerprint density at radius 2 is 1.95 bits per heavy atom. The zero-order valence-corrected chi connectivity index (χ0v) is 13.8. The molecule has 0 fully saturated rings. The molecule has 0 unspecified atom stereocenters. The zero-order valence-electron chi connectivity index (χ0n) is 12.2. The average Bonchev–Trinajstić information content (AvgIpc) is 2.43. The Bertz CT molecular complexity index is 577. The van der Waals surface area contributed by atoms with Crippen LogP contribution in [0.1, 0.15) is 20.3 Å². The average molecular weight is 338 g/mol. The highest BCUT2D eigenvalue weighted by molar-refractivity contribution is 7.89. The van der Waals surface area contributed by atoms with Gasteiger partial charge in [-0.2, -0.15) is 0 Å². The van der Waals surface area contributed by atoms with Gasteiger partial charge in [-0.25, -0.2) is 17.5 Å². The van der Waals surface area contributed by atoms with E-state index in [1.54, 1.807) is 0 Å². The van der Waals surface area contributed by atoms with Crippen LogP contribution in [0, 0.1) is 5.82 Å². The van der Waals surface area contributed by atoms with Crippen LogP contribution in [-0.4, -0.2) is 39.5 Å². The van der Waals surface area contributed by atoms with E-state index in [9.17, 15) is 12.8 Å². The number of hydrogen-bond acceptors (Lipinski definition) is 4. The van der Waals surface area contributed by atoms with Gasteiger partial charge in [0, 0.05) is 11.6 Å². The van der Waals surface area contributed by atoms with E-state index < -0.39 is 20.7 Å². The number of nitrogens with zero attached hydrogens (tertiary/aromatic N) is 1. The fourth-order valence-corrected chi connectivity index (χ4v) is 3.40. The van der Waals surface area contributed by atoms with Gasteiger partial charge in [0.05, 0.1) is 5.69 Å². The summed E-state index contributed by atoms with van der Waals surface area (Å²) in [6.07, 6.45) is 0.637. The fraction of sp³-hybridized carbons (Fsp3) is 0.538. The summed E-state index contributed by atoms with van der Waals surface area (Å²) in [5, 5.41) is 0.0809. The molecule has 0 aliphatic carbocycles. The molecule has 1 aromatic carbocycles. The third-order valence-electron chi connectivity index (χ3n) is 3.16. The number of halogens is 2. The minimum absolute atomic E-state index is 0.0809. The molecule has 0 aliphatic heterocycles. The van der Waals surface area contributed by atoms with E-state index in [4.69, 9.17) is 17.3 Å². The first-order valence-corrected chi connectivity index (χ1v) is 8.64. The van der Waals surface area contributed by atoms with Crippen molar-refractivity contribution in [2.75, 3.05) is 31.9 Å². The first kappa shape index (κ1) is 18.2. The molecule has 5 nitrogen and oxygen atoms in total. The molecule has 1 aromatic rings. The number of rotatable bonds is 8. The Morgan fingerprint density at radius 3 is 2.52 bits per heavy atom. The summed E-state index contributed by atoms with van der Waals surface area (Å²) in [7, 11) is -3.96. The number of nitrogens with two attached hydrogens (primary N) is 1. The van der Waals surface area contributed by atoms with Crippen molar-refractivity contribution in [1.82, 2.24) is 9.62 Å². The minimum Gasteiger partial charge on any atom is -0.396 e.